The molecule has 0 aliphatic carbocycles. The quantitative estimate of drug-likeness (QED) is 0.942. The Bertz CT molecular complexity index is 580. The van der Waals surface area contributed by atoms with Crippen LogP contribution < -0.4 is 5.32 Å². The Morgan fingerprint density at radius 2 is 2.11 bits per heavy atom. The second kappa shape index (κ2) is 5.08. The third-order valence-corrected chi connectivity index (χ3v) is 2.48. The molecule has 0 unspecified atom stereocenters. The van der Waals surface area contributed by atoms with Gasteiger partial charge in [0.2, 0.25) is 0 Å². The minimum Gasteiger partial charge on any atom is -0.370 e. The van der Waals surface area contributed by atoms with E-state index in [1.807, 2.05) is 0 Å². The predicted molar refractivity (Wildman–Crippen MR) is 65.5 cm³/mol. The molecule has 0 amide bonds. The Morgan fingerprint density at radius 1 is 1.37 bits per heavy atom. The molecule has 0 aliphatic heterocycles. The number of aromatic nitrogens is 3. The van der Waals surface area contributed by atoms with Crippen molar-refractivity contribution >= 4 is 17.4 Å². The topological polar surface area (TPSA) is 42.7 Å². The van der Waals surface area contributed by atoms with Crippen molar-refractivity contribution in [2.24, 2.45) is 0 Å². The number of pyridine rings is 1. The highest BCUT2D eigenvalue weighted by Crippen LogP contribution is 2.31. The van der Waals surface area contributed by atoms with Gasteiger partial charge in [0.1, 0.15) is 5.82 Å². The summed E-state index contributed by atoms with van der Waals surface area (Å²) in [4.78, 5) is 4.05. The summed E-state index contributed by atoms with van der Waals surface area (Å²) < 4.78 is 39.6. The molecule has 8 heteroatoms. The Balaban J connectivity index is 2.51. The minimum atomic E-state index is -4.45. The van der Waals surface area contributed by atoms with Crippen LogP contribution in [0.3, 0.4) is 0 Å². The van der Waals surface area contributed by atoms with Gasteiger partial charge in [-0.1, -0.05) is 11.6 Å². The highest BCUT2D eigenvalue weighted by molar-refractivity contribution is 6.30. The van der Waals surface area contributed by atoms with Gasteiger partial charge in [0.25, 0.3) is 0 Å². The summed E-state index contributed by atoms with van der Waals surface area (Å²) in [6.07, 6.45) is -1.73. The van der Waals surface area contributed by atoms with Crippen LogP contribution in [-0.2, 0) is 6.18 Å². The second-order valence-corrected chi connectivity index (χ2v) is 4.17. The molecule has 0 bridgehead atoms. The summed E-state index contributed by atoms with van der Waals surface area (Å²) in [5.41, 5.74) is -0.792. The maximum Gasteiger partial charge on any atom is 0.416 e. The first-order valence-electron chi connectivity index (χ1n) is 5.44. The van der Waals surface area contributed by atoms with Crippen LogP contribution in [0.2, 0.25) is 5.02 Å². The first-order chi connectivity index (χ1) is 8.90. The zero-order chi connectivity index (χ0) is 14.0. The van der Waals surface area contributed by atoms with Crippen molar-refractivity contribution in [1.82, 2.24) is 14.8 Å². The van der Waals surface area contributed by atoms with E-state index in [4.69, 9.17) is 11.6 Å². The van der Waals surface area contributed by atoms with Gasteiger partial charge in [-0.05, 0) is 19.1 Å². The van der Waals surface area contributed by atoms with Crippen molar-refractivity contribution in [3.8, 4) is 5.82 Å². The van der Waals surface area contributed by atoms with E-state index in [0.717, 1.165) is 12.1 Å². The third kappa shape index (κ3) is 3.17. The fraction of sp³-hybridized carbons (Fsp3) is 0.273. The number of nitrogens with zero attached hydrogens (tertiary/aromatic N) is 3. The van der Waals surface area contributed by atoms with Gasteiger partial charge in [-0.2, -0.15) is 18.3 Å². The average molecular weight is 291 g/mol. The largest absolute Gasteiger partial charge is 0.416 e. The van der Waals surface area contributed by atoms with Crippen molar-refractivity contribution in [3.05, 3.63) is 35.1 Å². The lowest BCUT2D eigenvalue weighted by Gasteiger charge is -2.11. The van der Waals surface area contributed by atoms with Gasteiger partial charge in [0.15, 0.2) is 5.82 Å². The standard InChI is InChI=1S/C11H10ClF3N4/c1-2-16-9-3-7(11(13,14)15)4-10(18-9)19-6-8(12)5-17-19/h3-6H,2H2,1H3,(H,16,18). The molecular formula is C11H10ClF3N4. The molecule has 0 saturated heterocycles. The van der Waals surface area contributed by atoms with E-state index >= 15 is 0 Å². The van der Waals surface area contributed by atoms with E-state index < -0.39 is 11.7 Å². The summed E-state index contributed by atoms with van der Waals surface area (Å²) in [5, 5.41) is 6.91. The van der Waals surface area contributed by atoms with Gasteiger partial charge in [-0.25, -0.2) is 9.67 Å². The molecule has 0 fully saturated rings. The molecule has 2 rings (SSSR count). The van der Waals surface area contributed by atoms with Crippen LogP contribution in [0, 0.1) is 0 Å². The Kier molecular flexibility index (Phi) is 3.66. The predicted octanol–water partition coefficient (Wildman–Crippen LogP) is 3.37. The SMILES string of the molecule is CCNc1cc(C(F)(F)F)cc(-n2cc(Cl)cn2)n1. The molecule has 4 nitrogen and oxygen atoms in total. The van der Waals surface area contributed by atoms with Gasteiger partial charge in [0.05, 0.1) is 23.0 Å². The van der Waals surface area contributed by atoms with Gasteiger partial charge in [0, 0.05) is 6.54 Å². The maximum atomic E-state index is 12.8. The van der Waals surface area contributed by atoms with Crippen LogP contribution in [0.25, 0.3) is 5.82 Å². The van der Waals surface area contributed by atoms with E-state index in [1.165, 1.54) is 17.1 Å². The highest BCUT2D eigenvalue weighted by Gasteiger charge is 2.31. The lowest BCUT2D eigenvalue weighted by molar-refractivity contribution is -0.137. The van der Waals surface area contributed by atoms with Crippen LogP contribution in [0.5, 0.6) is 0 Å². The molecule has 2 aromatic heterocycles. The first kappa shape index (κ1) is 13.7. The molecule has 0 spiro atoms. The summed E-state index contributed by atoms with van der Waals surface area (Å²) >= 11 is 5.69. The molecule has 0 atom stereocenters. The van der Waals surface area contributed by atoms with Gasteiger partial charge in [-0.3, -0.25) is 0 Å². The van der Waals surface area contributed by atoms with E-state index in [1.54, 1.807) is 6.92 Å². The molecule has 19 heavy (non-hydrogen) atoms. The van der Waals surface area contributed by atoms with Crippen molar-refractivity contribution in [3.63, 3.8) is 0 Å². The van der Waals surface area contributed by atoms with Crippen molar-refractivity contribution in [2.45, 2.75) is 13.1 Å². The van der Waals surface area contributed by atoms with Crippen LogP contribution in [0.4, 0.5) is 19.0 Å². The van der Waals surface area contributed by atoms with Gasteiger partial charge < -0.3 is 5.32 Å². The molecule has 2 aromatic rings. The average Bonchev–Trinajstić information content (AvgIpc) is 2.75. The number of hydrogen-bond donors (Lipinski definition) is 1. The lowest BCUT2D eigenvalue weighted by Crippen LogP contribution is -2.11. The summed E-state index contributed by atoms with van der Waals surface area (Å²) in [7, 11) is 0. The lowest BCUT2D eigenvalue weighted by atomic mass is 10.2. The molecule has 2 heterocycles. The number of halogens is 4. The zero-order valence-corrected chi connectivity index (χ0v) is 10.6. The first-order valence-corrected chi connectivity index (χ1v) is 5.81. The van der Waals surface area contributed by atoms with E-state index in [2.05, 4.69) is 15.4 Å². The number of nitrogens with one attached hydrogen (secondary N) is 1. The van der Waals surface area contributed by atoms with Crippen LogP contribution >= 0.6 is 11.6 Å². The fourth-order valence-corrected chi connectivity index (χ4v) is 1.63. The fourth-order valence-electron chi connectivity index (χ4n) is 1.49. The van der Waals surface area contributed by atoms with Gasteiger partial charge >= 0.3 is 6.18 Å². The second-order valence-electron chi connectivity index (χ2n) is 3.73. The van der Waals surface area contributed by atoms with Crippen LogP contribution in [0.15, 0.2) is 24.5 Å². The monoisotopic (exact) mass is 290 g/mol. The molecule has 0 saturated carbocycles. The third-order valence-electron chi connectivity index (χ3n) is 2.28. The number of anilines is 1. The summed E-state index contributed by atoms with van der Waals surface area (Å²) in [6, 6.07) is 1.88. The summed E-state index contributed by atoms with van der Waals surface area (Å²) in [6.45, 7) is 2.24. The van der Waals surface area contributed by atoms with Crippen LogP contribution in [-0.4, -0.2) is 21.3 Å². The number of alkyl halides is 3. The molecular weight excluding hydrogens is 281 g/mol. The Hall–Kier alpha value is -1.76. The smallest absolute Gasteiger partial charge is 0.370 e. The molecule has 0 aliphatic rings. The maximum absolute atomic E-state index is 12.8. The molecule has 102 valence electrons. The van der Waals surface area contributed by atoms with Crippen molar-refractivity contribution < 1.29 is 13.2 Å². The van der Waals surface area contributed by atoms with Crippen molar-refractivity contribution in [1.29, 1.82) is 0 Å². The van der Waals surface area contributed by atoms with E-state index in [9.17, 15) is 13.2 Å². The Labute approximate surface area is 112 Å². The van der Waals surface area contributed by atoms with Crippen molar-refractivity contribution in [2.75, 3.05) is 11.9 Å². The number of hydrogen-bond acceptors (Lipinski definition) is 3. The molecule has 0 aromatic carbocycles. The molecule has 0 radical (unpaired) electrons. The molecule has 1 N–H and O–H groups in total. The summed E-state index contributed by atoms with van der Waals surface area (Å²) in [5.74, 6) is 0.191. The van der Waals surface area contributed by atoms with E-state index in [0.29, 0.717) is 11.6 Å². The zero-order valence-electron chi connectivity index (χ0n) is 9.87. The highest BCUT2D eigenvalue weighted by atomic mass is 35.5. The van der Waals surface area contributed by atoms with Gasteiger partial charge in [-0.15, -0.1) is 0 Å². The number of rotatable bonds is 3. The van der Waals surface area contributed by atoms with E-state index in [-0.39, 0.29) is 11.6 Å². The van der Waals surface area contributed by atoms with Crippen LogP contribution in [0.1, 0.15) is 12.5 Å². The normalized spacial score (nSPS) is 11.6. The minimum absolute atomic E-state index is 0.0534. The Morgan fingerprint density at radius 3 is 2.63 bits per heavy atom.